The number of amides is 1. The topological polar surface area (TPSA) is 65.1 Å². The lowest BCUT2D eigenvalue weighted by atomic mass is 10.1. The molecule has 0 atom stereocenters. The molecule has 32 heavy (non-hydrogen) atoms. The molecule has 0 spiro atoms. The Balaban J connectivity index is 1.68. The van der Waals surface area contributed by atoms with Gasteiger partial charge in [0.1, 0.15) is 23.8 Å². The molecule has 1 heterocycles. The summed E-state index contributed by atoms with van der Waals surface area (Å²) in [6.45, 7) is 8.28. The Morgan fingerprint density at radius 3 is 2.59 bits per heavy atom. The van der Waals surface area contributed by atoms with Gasteiger partial charge in [-0.3, -0.25) is 9.69 Å². The number of halogens is 1. The number of fused-ring (bicyclic) bond motifs is 1. The van der Waals surface area contributed by atoms with Gasteiger partial charge in [-0.15, -0.1) is 0 Å². The smallest absolute Gasteiger partial charge is 0.414 e. The summed E-state index contributed by atoms with van der Waals surface area (Å²) in [5.74, 6) is -0.401. The predicted molar refractivity (Wildman–Crippen MR) is 119 cm³/mol. The minimum absolute atomic E-state index is 0.127. The van der Waals surface area contributed by atoms with E-state index < -0.39 is 11.4 Å². The van der Waals surface area contributed by atoms with Crippen LogP contribution in [0.5, 0.6) is 5.75 Å². The van der Waals surface area contributed by atoms with Gasteiger partial charge in [0.15, 0.2) is 0 Å². The highest BCUT2D eigenvalue weighted by atomic mass is 19.1. The van der Waals surface area contributed by atoms with Gasteiger partial charge < -0.3 is 14.2 Å². The molecule has 0 radical (unpaired) electrons. The number of hydrogen-bond donors (Lipinski definition) is 0. The van der Waals surface area contributed by atoms with Crippen molar-refractivity contribution < 1.29 is 28.2 Å². The number of carbonyl (C=O) groups is 2. The zero-order chi connectivity index (χ0) is 23.3. The Morgan fingerprint density at radius 2 is 1.91 bits per heavy atom. The van der Waals surface area contributed by atoms with Crippen LogP contribution in [0, 0.1) is 5.82 Å². The summed E-state index contributed by atoms with van der Waals surface area (Å²) in [7, 11) is 0. The molecule has 1 aliphatic heterocycles. The van der Waals surface area contributed by atoms with E-state index in [-0.39, 0.29) is 31.5 Å². The number of esters is 1. The van der Waals surface area contributed by atoms with E-state index in [1.807, 2.05) is 39.0 Å². The summed E-state index contributed by atoms with van der Waals surface area (Å²) in [5, 5.41) is 0. The number of para-hydroxylation sites is 1. The van der Waals surface area contributed by atoms with E-state index in [0.717, 1.165) is 23.2 Å². The van der Waals surface area contributed by atoms with E-state index >= 15 is 0 Å². The number of rotatable bonds is 7. The van der Waals surface area contributed by atoms with Crippen LogP contribution >= 0.6 is 0 Å². The van der Waals surface area contributed by atoms with Crippen LogP contribution in [-0.2, 0) is 33.7 Å². The highest BCUT2D eigenvalue weighted by Gasteiger charge is 2.30. The lowest BCUT2D eigenvalue weighted by Crippen LogP contribution is -2.36. The van der Waals surface area contributed by atoms with Crippen LogP contribution in [0.1, 0.15) is 50.8 Å². The molecule has 2 aromatic carbocycles. The van der Waals surface area contributed by atoms with Gasteiger partial charge in [0.2, 0.25) is 0 Å². The van der Waals surface area contributed by atoms with Crippen LogP contribution in [0.25, 0.3) is 0 Å². The Hall–Kier alpha value is -3.09. The summed E-state index contributed by atoms with van der Waals surface area (Å²) < 4.78 is 30.7. The van der Waals surface area contributed by atoms with Crippen molar-refractivity contribution in [3.8, 4) is 5.75 Å². The average Bonchev–Trinajstić information content (AvgIpc) is 3.15. The Kier molecular flexibility index (Phi) is 7.38. The first-order valence-electron chi connectivity index (χ1n) is 10.9. The van der Waals surface area contributed by atoms with Gasteiger partial charge >= 0.3 is 12.1 Å². The third-order valence-corrected chi connectivity index (χ3v) is 5.01. The molecule has 7 heteroatoms. The Morgan fingerprint density at radius 1 is 1.12 bits per heavy atom. The van der Waals surface area contributed by atoms with Crippen molar-refractivity contribution in [1.82, 2.24) is 0 Å². The van der Waals surface area contributed by atoms with Crippen LogP contribution in [0.4, 0.5) is 14.9 Å². The maximum atomic E-state index is 14.5. The van der Waals surface area contributed by atoms with E-state index in [1.165, 1.54) is 6.07 Å². The highest BCUT2D eigenvalue weighted by Crippen LogP contribution is 2.34. The van der Waals surface area contributed by atoms with Crippen LogP contribution in [-0.4, -0.2) is 30.8 Å². The summed E-state index contributed by atoms with van der Waals surface area (Å²) in [4.78, 5) is 25.8. The second kappa shape index (κ2) is 10.0. The standard InChI is InChI=1S/C25H30FNO5/c1-5-30-22(28)12-10-17-9-11-20(15-21(17)26)31-16-19-8-6-7-18-13-14-27(23(18)19)24(29)32-25(2,3)4/h6-9,11,15H,5,10,12-14,16H2,1-4H3. The third kappa shape index (κ3) is 5.99. The van der Waals surface area contributed by atoms with Gasteiger partial charge in [-0.25, -0.2) is 9.18 Å². The lowest BCUT2D eigenvalue weighted by molar-refractivity contribution is -0.143. The maximum Gasteiger partial charge on any atom is 0.414 e. The molecule has 0 aliphatic carbocycles. The summed E-state index contributed by atoms with van der Waals surface area (Å²) >= 11 is 0. The summed E-state index contributed by atoms with van der Waals surface area (Å²) in [6, 6.07) is 10.4. The van der Waals surface area contributed by atoms with Crippen LogP contribution in [0.15, 0.2) is 36.4 Å². The largest absolute Gasteiger partial charge is 0.489 e. The van der Waals surface area contributed by atoms with E-state index in [0.29, 0.717) is 24.5 Å². The van der Waals surface area contributed by atoms with Crippen molar-refractivity contribution in [3.05, 3.63) is 58.9 Å². The second-order valence-electron chi connectivity index (χ2n) is 8.65. The second-order valence-corrected chi connectivity index (χ2v) is 8.65. The van der Waals surface area contributed by atoms with Gasteiger partial charge in [-0.2, -0.15) is 0 Å². The first-order valence-corrected chi connectivity index (χ1v) is 10.9. The number of anilines is 1. The summed E-state index contributed by atoms with van der Waals surface area (Å²) in [6.07, 6.45) is 0.746. The molecule has 0 saturated carbocycles. The Labute approximate surface area is 188 Å². The van der Waals surface area contributed by atoms with Gasteiger partial charge in [-0.05, 0) is 57.7 Å². The molecular weight excluding hydrogens is 413 g/mol. The van der Waals surface area contributed by atoms with Gasteiger partial charge in [0.25, 0.3) is 0 Å². The van der Waals surface area contributed by atoms with Crippen LogP contribution in [0.3, 0.4) is 0 Å². The molecule has 0 bridgehead atoms. The van der Waals surface area contributed by atoms with Crippen LogP contribution < -0.4 is 9.64 Å². The number of ether oxygens (including phenoxy) is 3. The van der Waals surface area contributed by atoms with Gasteiger partial charge in [0.05, 0.1) is 12.3 Å². The molecule has 2 aromatic rings. The van der Waals surface area contributed by atoms with Crippen molar-refractivity contribution in [1.29, 1.82) is 0 Å². The molecule has 0 N–H and O–H groups in total. The van der Waals surface area contributed by atoms with Crippen molar-refractivity contribution in [2.75, 3.05) is 18.1 Å². The molecule has 3 rings (SSSR count). The zero-order valence-electron chi connectivity index (χ0n) is 19.1. The van der Waals surface area contributed by atoms with E-state index in [9.17, 15) is 14.0 Å². The molecule has 0 saturated heterocycles. The fraction of sp³-hybridized carbons (Fsp3) is 0.440. The predicted octanol–water partition coefficient (Wildman–Crippen LogP) is 5.20. The molecule has 1 amide bonds. The monoisotopic (exact) mass is 443 g/mol. The van der Waals surface area contributed by atoms with E-state index in [2.05, 4.69) is 0 Å². The average molecular weight is 444 g/mol. The van der Waals surface area contributed by atoms with Gasteiger partial charge in [-0.1, -0.05) is 24.3 Å². The normalized spacial score (nSPS) is 13.0. The number of hydrogen-bond acceptors (Lipinski definition) is 5. The zero-order valence-corrected chi connectivity index (χ0v) is 19.1. The summed E-state index contributed by atoms with van der Waals surface area (Å²) in [5.41, 5.74) is 2.53. The van der Waals surface area contributed by atoms with Gasteiger partial charge in [0, 0.05) is 24.6 Å². The molecule has 0 aromatic heterocycles. The van der Waals surface area contributed by atoms with Crippen LogP contribution in [0.2, 0.25) is 0 Å². The maximum absolute atomic E-state index is 14.5. The van der Waals surface area contributed by atoms with Crippen molar-refractivity contribution in [2.45, 2.75) is 59.2 Å². The fourth-order valence-electron chi connectivity index (χ4n) is 3.60. The first-order chi connectivity index (χ1) is 15.2. The molecule has 6 nitrogen and oxygen atoms in total. The first kappa shape index (κ1) is 23.6. The lowest BCUT2D eigenvalue weighted by Gasteiger charge is -2.26. The number of benzene rings is 2. The molecule has 0 fully saturated rings. The Bertz CT molecular complexity index is 983. The SMILES string of the molecule is CCOC(=O)CCc1ccc(OCc2cccc3c2N(C(=O)OC(C)(C)C)CC3)cc1F. The molecule has 172 valence electrons. The number of nitrogens with zero attached hydrogens (tertiary/aromatic N) is 1. The van der Waals surface area contributed by atoms with Crippen molar-refractivity contribution >= 4 is 17.7 Å². The van der Waals surface area contributed by atoms with Crippen molar-refractivity contribution in [3.63, 3.8) is 0 Å². The third-order valence-electron chi connectivity index (χ3n) is 5.01. The minimum atomic E-state index is -0.585. The van der Waals surface area contributed by atoms with E-state index in [4.69, 9.17) is 14.2 Å². The number of carbonyl (C=O) groups excluding carboxylic acids is 2. The molecule has 1 aliphatic rings. The van der Waals surface area contributed by atoms with E-state index in [1.54, 1.807) is 24.0 Å². The fourth-order valence-corrected chi connectivity index (χ4v) is 3.60. The molecule has 0 unspecified atom stereocenters. The molecular formula is C25H30FNO5. The quantitative estimate of drug-likeness (QED) is 0.551. The highest BCUT2D eigenvalue weighted by molar-refractivity contribution is 5.91. The minimum Gasteiger partial charge on any atom is -0.489 e. The number of aryl methyl sites for hydroxylation is 1. The van der Waals surface area contributed by atoms with Crippen molar-refractivity contribution in [2.24, 2.45) is 0 Å².